The lowest BCUT2D eigenvalue weighted by Gasteiger charge is -2.12. The molecular weight excluding hydrogens is 362 g/mol. The number of anilines is 1. The second-order valence-electron chi connectivity index (χ2n) is 7.48. The normalized spacial score (nSPS) is 17.3. The number of carbonyl (C=O) groups excluding carboxylic acids is 1. The first kappa shape index (κ1) is 17.8. The van der Waals surface area contributed by atoms with Crippen LogP contribution in [0.15, 0.2) is 53.5 Å². The molecule has 5 rings (SSSR count). The van der Waals surface area contributed by atoms with Gasteiger partial charge in [0.2, 0.25) is 0 Å². The Kier molecular flexibility index (Phi) is 4.46. The zero-order valence-electron chi connectivity index (χ0n) is 16.5. The van der Waals surface area contributed by atoms with Crippen molar-refractivity contribution in [2.75, 3.05) is 11.4 Å². The molecule has 3 aromatic rings. The number of likely N-dealkylation sites (N-methyl/N-ethyl adjacent to an activating group) is 1. The molecule has 0 radical (unpaired) electrons. The fourth-order valence-corrected chi connectivity index (χ4v) is 4.20. The molecule has 3 heterocycles. The highest BCUT2D eigenvalue weighted by atomic mass is 16.2. The topological polar surface area (TPSA) is 63.4 Å². The lowest BCUT2D eigenvalue weighted by atomic mass is 10.1. The van der Waals surface area contributed by atoms with Gasteiger partial charge in [-0.2, -0.15) is 0 Å². The number of para-hydroxylation sites is 1. The molecule has 0 saturated carbocycles. The lowest BCUT2D eigenvalue weighted by molar-refractivity contribution is -0.112. The van der Waals surface area contributed by atoms with Gasteiger partial charge in [-0.1, -0.05) is 24.6 Å². The molecule has 2 aliphatic heterocycles. The molecule has 0 spiro atoms. The van der Waals surface area contributed by atoms with Crippen molar-refractivity contribution in [1.82, 2.24) is 14.8 Å². The highest BCUT2D eigenvalue weighted by Crippen LogP contribution is 2.31. The minimum absolute atomic E-state index is 0.0412. The molecule has 2 aliphatic rings. The Hall–Kier alpha value is -3.28. The van der Waals surface area contributed by atoms with E-state index < -0.39 is 0 Å². The smallest absolute Gasteiger partial charge is 0.277 e. The van der Waals surface area contributed by atoms with Gasteiger partial charge in [0, 0.05) is 30.6 Å². The van der Waals surface area contributed by atoms with E-state index in [1.807, 2.05) is 55.5 Å². The Bertz CT molecular complexity index is 1100. The van der Waals surface area contributed by atoms with Crippen LogP contribution in [0.3, 0.4) is 0 Å². The number of hydrogen-bond donors (Lipinski definition) is 0. The highest BCUT2D eigenvalue weighted by molar-refractivity contribution is 6.54. The summed E-state index contributed by atoms with van der Waals surface area (Å²) in [5.74, 6) is 1.95. The molecule has 0 saturated heterocycles. The van der Waals surface area contributed by atoms with Crippen LogP contribution in [-0.4, -0.2) is 32.9 Å². The van der Waals surface area contributed by atoms with E-state index in [4.69, 9.17) is 0 Å². The molecule has 0 fully saturated rings. The lowest BCUT2D eigenvalue weighted by Crippen LogP contribution is -2.29. The predicted molar refractivity (Wildman–Crippen MR) is 114 cm³/mol. The first-order valence-electron chi connectivity index (χ1n) is 10.3. The highest BCUT2D eigenvalue weighted by Gasteiger charge is 2.32. The average molecular weight is 385 g/mol. The van der Waals surface area contributed by atoms with Crippen molar-refractivity contribution < 1.29 is 4.79 Å². The number of hydrogen-bond acceptors (Lipinski definition) is 4. The number of benzene rings is 2. The molecule has 146 valence electrons. The number of amides is 1. The second-order valence-corrected chi connectivity index (χ2v) is 7.48. The fourth-order valence-electron chi connectivity index (χ4n) is 4.20. The summed E-state index contributed by atoms with van der Waals surface area (Å²) in [6.45, 7) is 3.58. The van der Waals surface area contributed by atoms with Gasteiger partial charge < -0.3 is 9.47 Å². The molecule has 0 atom stereocenters. The standard InChI is InChI=1S/C23H23N5O/c1-2-27-19-9-6-5-8-18(19)21(23(27)29)24-17-13-11-16(12-14-17)22-26-25-20-10-4-3-7-15-28(20)22/h5-6,8-9,11-14H,2-4,7,10,15H2,1H3. The van der Waals surface area contributed by atoms with Gasteiger partial charge in [0.25, 0.3) is 5.91 Å². The van der Waals surface area contributed by atoms with Crippen molar-refractivity contribution >= 4 is 23.0 Å². The Morgan fingerprint density at radius 3 is 2.66 bits per heavy atom. The monoisotopic (exact) mass is 385 g/mol. The van der Waals surface area contributed by atoms with Crippen LogP contribution in [-0.2, 0) is 17.8 Å². The van der Waals surface area contributed by atoms with Crippen molar-refractivity contribution in [1.29, 1.82) is 0 Å². The second kappa shape index (κ2) is 7.28. The van der Waals surface area contributed by atoms with E-state index >= 15 is 0 Å². The summed E-state index contributed by atoms with van der Waals surface area (Å²) in [7, 11) is 0. The van der Waals surface area contributed by atoms with E-state index in [-0.39, 0.29) is 5.91 Å². The van der Waals surface area contributed by atoms with Gasteiger partial charge >= 0.3 is 0 Å². The van der Waals surface area contributed by atoms with E-state index in [0.717, 1.165) is 47.1 Å². The third-order valence-electron chi connectivity index (χ3n) is 5.69. The minimum Gasteiger partial charge on any atom is -0.311 e. The molecule has 0 aliphatic carbocycles. The van der Waals surface area contributed by atoms with Crippen LogP contribution in [0.25, 0.3) is 11.4 Å². The van der Waals surface area contributed by atoms with E-state index in [1.165, 1.54) is 19.3 Å². The molecule has 0 bridgehead atoms. The maximum atomic E-state index is 12.8. The van der Waals surface area contributed by atoms with Gasteiger partial charge in [-0.25, -0.2) is 4.99 Å². The van der Waals surface area contributed by atoms with Crippen LogP contribution in [0.2, 0.25) is 0 Å². The molecule has 1 aromatic heterocycles. The van der Waals surface area contributed by atoms with Crippen LogP contribution in [0, 0.1) is 0 Å². The summed E-state index contributed by atoms with van der Waals surface area (Å²) in [6, 6.07) is 15.8. The molecule has 0 unspecified atom stereocenters. The van der Waals surface area contributed by atoms with Gasteiger partial charge in [0.15, 0.2) is 5.82 Å². The number of aliphatic imine (C=N–C) groups is 1. The van der Waals surface area contributed by atoms with Crippen molar-refractivity contribution in [3.8, 4) is 11.4 Å². The summed E-state index contributed by atoms with van der Waals surface area (Å²) < 4.78 is 2.24. The van der Waals surface area contributed by atoms with Gasteiger partial charge in [-0.3, -0.25) is 4.79 Å². The van der Waals surface area contributed by atoms with Crippen LogP contribution in [0.4, 0.5) is 11.4 Å². The molecule has 0 N–H and O–H groups in total. The summed E-state index contributed by atoms with van der Waals surface area (Å²) in [5, 5.41) is 8.81. The van der Waals surface area contributed by atoms with E-state index in [0.29, 0.717) is 12.3 Å². The predicted octanol–water partition coefficient (Wildman–Crippen LogP) is 4.16. The number of rotatable bonds is 3. The van der Waals surface area contributed by atoms with Gasteiger partial charge in [-0.05, 0) is 50.1 Å². The van der Waals surface area contributed by atoms with Crippen molar-refractivity contribution in [2.24, 2.45) is 4.99 Å². The van der Waals surface area contributed by atoms with Gasteiger partial charge in [0.1, 0.15) is 11.5 Å². The fraction of sp³-hybridized carbons (Fsp3) is 0.304. The molecule has 29 heavy (non-hydrogen) atoms. The molecule has 2 aromatic carbocycles. The third-order valence-corrected chi connectivity index (χ3v) is 5.69. The maximum absolute atomic E-state index is 12.8. The van der Waals surface area contributed by atoms with E-state index in [9.17, 15) is 4.79 Å². The molecule has 1 amide bonds. The van der Waals surface area contributed by atoms with Crippen LogP contribution >= 0.6 is 0 Å². The molecule has 6 nitrogen and oxygen atoms in total. The van der Waals surface area contributed by atoms with Crippen LogP contribution in [0.5, 0.6) is 0 Å². The zero-order valence-corrected chi connectivity index (χ0v) is 16.5. The number of aryl methyl sites for hydroxylation is 1. The average Bonchev–Trinajstić information content (AvgIpc) is 3.17. The summed E-state index contributed by atoms with van der Waals surface area (Å²) in [6.07, 6.45) is 4.58. The first-order chi connectivity index (χ1) is 14.3. The maximum Gasteiger partial charge on any atom is 0.277 e. The number of aromatic nitrogens is 3. The van der Waals surface area contributed by atoms with E-state index in [1.54, 1.807) is 4.90 Å². The minimum atomic E-state index is -0.0412. The Balaban J connectivity index is 1.48. The number of nitrogens with zero attached hydrogens (tertiary/aromatic N) is 5. The van der Waals surface area contributed by atoms with Crippen molar-refractivity contribution in [2.45, 2.75) is 39.2 Å². The Morgan fingerprint density at radius 1 is 1.00 bits per heavy atom. The number of fused-ring (bicyclic) bond motifs is 2. The van der Waals surface area contributed by atoms with Crippen molar-refractivity contribution in [3.63, 3.8) is 0 Å². The Labute approximate surface area is 169 Å². The molecule has 6 heteroatoms. The van der Waals surface area contributed by atoms with Crippen LogP contribution in [0.1, 0.15) is 37.6 Å². The van der Waals surface area contributed by atoms with Crippen molar-refractivity contribution in [3.05, 3.63) is 59.9 Å². The summed E-state index contributed by atoms with van der Waals surface area (Å²) in [5.41, 5.74) is 4.13. The Morgan fingerprint density at radius 2 is 1.83 bits per heavy atom. The molecular formula is C23H23N5O. The third kappa shape index (κ3) is 3.05. The summed E-state index contributed by atoms with van der Waals surface area (Å²) in [4.78, 5) is 19.3. The summed E-state index contributed by atoms with van der Waals surface area (Å²) >= 11 is 0. The van der Waals surface area contributed by atoms with Gasteiger partial charge in [-0.15, -0.1) is 10.2 Å². The van der Waals surface area contributed by atoms with Gasteiger partial charge in [0.05, 0.1) is 11.4 Å². The largest absolute Gasteiger partial charge is 0.311 e. The quantitative estimate of drug-likeness (QED) is 0.680. The van der Waals surface area contributed by atoms with Crippen LogP contribution < -0.4 is 4.90 Å². The number of carbonyl (C=O) groups is 1. The first-order valence-corrected chi connectivity index (χ1v) is 10.3. The zero-order chi connectivity index (χ0) is 19.8. The van der Waals surface area contributed by atoms with E-state index in [2.05, 4.69) is 19.8 Å². The SMILES string of the molecule is CCN1C(=O)C(=Nc2ccc(-c3nnc4n3CCCCC4)cc2)c2ccccc21.